The fraction of sp³-hybridized carbons (Fsp3) is 0.182. The Balaban J connectivity index is 2.28. The van der Waals surface area contributed by atoms with Gasteiger partial charge in [-0.05, 0) is 13.0 Å². The first kappa shape index (κ1) is 10.8. The van der Waals surface area contributed by atoms with Gasteiger partial charge in [0, 0.05) is 5.56 Å². The van der Waals surface area contributed by atoms with E-state index in [0.717, 1.165) is 11.1 Å². The summed E-state index contributed by atoms with van der Waals surface area (Å²) in [4.78, 5) is 4.56. The van der Waals surface area contributed by atoms with Gasteiger partial charge in [0.1, 0.15) is 0 Å². The fourth-order valence-electron chi connectivity index (χ4n) is 1.38. The number of nitrogens with two attached hydrogens (primary N) is 1. The Morgan fingerprint density at radius 1 is 1.50 bits per heavy atom. The Kier molecular flexibility index (Phi) is 2.96. The highest BCUT2D eigenvalue weighted by atomic mass is 32.1. The highest BCUT2D eigenvalue weighted by molar-refractivity contribution is 7.80. The molecular formula is C11H11N3OS. The average molecular weight is 233 g/mol. The highest BCUT2D eigenvalue weighted by Crippen LogP contribution is 2.16. The average Bonchev–Trinajstić information content (AvgIpc) is 2.65. The van der Waals surface area contributed by atoms with Crippen molar-refractivity contribution in [3.8, 4) is 11.4 Å². The van der Waals surface area contributed by atoms with E-state index in [-0.39, 0.29) is 0 Å². The minimum Gasteiger partial charge on any atom is -0.393 e. The van der Waals surface area contributed by atoms with Crippen molar-refractivity contribution < 1.29 is 4.52 Å². The minimum absolute atomic E-state index is 0.341. The van der Waals surface area contributed by atoms with Crippen LogP contribution in [0.3, 0.4) is 0 Å². The van der Waals surface area contributed by atoms with Crippen molar-refractivity contribution in [2.24, 2.45) is 5.73 Å². The molecule has 0 spiro atoms. The first-order chi connectivity index (χ1) is 7.65. The van der Waals surface area contributed by atoms with E-state index in [9.17, 15) is 0 Å². The van der Waals surface area contributed by atoms with Crippen LogP contribution in [0.25, 0.3) is 11.4 Å². The van der Waals surface area contributed by atoms with Crippen LogP contribution < -0.4 is 5.73 Å². The summed E-state index contributed by atoms with van der Waals surface area (Å²) in [6, 6.07) is 7.89. The van der Waals surface area contributed by atoms with E-state index in [0.29, 0.717) is 23.1 Å². The lowest BCUT2D eigenvalue weighted by Gasteiger charge is -1.95. The largest absolute Gasteiger partial charge is 0.393 e. The Morgan fingerprint density at radius 2 is 2.31 bits per heavy atom. The monoisotopic (exact) mass is 233 g/mol. The van der Waals surface area contributed by atoms with Crippen LogP contribution >= 0.6 is 12.2 Å². The molecule has 0 bridgehead atoms. The van der Waals surface area contributed by atoms with Crippen molar-refractivity contribution in [3.63, 3.8) is 0 Å². The second-order valence-electron chi connectivity index (χ2n) is 3.52. The third kappa shape index (κ3) is 2.43. The Labute approximate surface area is 98.5 Å². The zero-order valence-electron chi connectivity index (χ0n) is 8.80. The lowest BCUT2D eigenvalue weighted by Crippen LogP contribution is -2.11. The number of rotatable bonds is 3. The summed E-state index contributed by atoms with van der Waals surface area (Å²) < 4.78 is 5.04. The lowest BCUT2D eigenvalue weighted by atomic mass is 10.1. The SMILES string of the molecule is Cc1cccc(-c2noc(CC(N)=S)n2)c1. The second kappa shape index (κ2) is 4.40. The molecule has 5 heteroatoms. The number of aryl methyl sites for hydroxylation is 1. The van der Waals surface area contributed by atoms with Gasteiger partial charge in [0.15, 0.2) is 0 Å². The quantitative estimate of drug-likeness (QED) is 0.820. The van der Waals surface area contributed by atoms with E-state index in [4.69, 9.17) is 22.5 Å². The van der Waals surface area contributed by atoms with Crippen LogP contribution in [0, 0.1) is 6.92 Å². The van der Waals surface area contributed by atoms with Crippen molar-refractivity contribution in [3.05, 3.63) is 35.7 Å². The molecule has 82 valence electrons. The van der Waals surface area contributed by atoms with Gasteiger partial charge in [-0.3, -0.25) is 0 Å². The molecule has 2 N–H and O–H groups in total. The molecule has 0 aliphatic heterocycles. The maximum absolute atomic E-state index is 5.40. The number of aromatic nitrogens is 2. The number of thiocarbonyl (C=S) groups is 1. The molecule has 4 nitrogen and oxygen atoms in total. The zero-order valence-corrected chi connectivity index (χ0v) is 9.62. The van der Waals surface area contributed by atoms with Gasteiger partial charge in [0.05, 0.1) is 11.4 Å². The van der Waals surface area contributed by atoms with Crippen LogP contribution in [-0.2, 0) is 6.42 Å². The molecule has 0 fully saturated rings. The van der Waals surface area contributed by atoms with Crippen LogP contribution in [0.2, 0.25) is 0 Å². The Hall–Kier alpha value is -1.75. The zero-order chi connectivity index (χ0) is 11.5. The molecule has 1 heterocycles. The van der Waals surface area contributed by atoms with E-state index >= 15 is 0 Å². The van der Waals surface area contributed by atoms with Gasteiger partial charge >= 0.3 is 0 Å². The summed E-state index contributed by atoms with van der Waals surface area (Å²) in [6.07, 6.45) is 0.341. The molecule has 0 radical (unpaired) electrons. The molecule has 1 aromatic heterocycles. The Morgan fingerprint density at radius 3 is 3.00 bits per heavy atom. The van der Waals surface area contributed by atoms with E-state index in [1.807, 2.05) is 31.2 Å². The molecule has 16 heavy (non-hydrogen) atoms. The number of hydrogen-bond donors (Lipinski definition) is 1. The molecule has 0 unspecified atom stereocenters. The van der Waals surface area contributed by atoms with Gasteiger partial charge in [-0.25, -0.2) is 0 Å². The summed E-state index contributed by atoms with van der Waals surface area (Å²) in [6.45, 7) is 2.01. The van der Waals surface area contributed by atoms with Crippen molar-refractivity contribution >= 4 is 17.2 Å². The Bertz CT molecular complexity index is 521. The number of hydrogen-bond acceptors (Lipinski definition) is 4. The van der Waals surface area contributed by atoms with Gasteiger partial charge in [-0.2, -0.15) is 4.98 Å². The van der Waals surface area contributed by atoms with Crippen LogP contribution in [0.5, 0.6) is 0 Å². The maximum atomic E-state index is 5.40. The molecule has 1 aromatic carbocycles. The summed E-state index contributed by atoms with van der Waals surface area (Å²) in [5.74, 6) is 1.01. The van der Waals surface area contributed by atoms with Crippen molar-refractivity contribution in [2.75, 3.05) is 0 Å². The van der Waals surface area contributed by atoms with Gasteiger partial charge in [-0.1, -0.05) is 41.1 Å². The third-order valence-electron chi connectivity index (χ3n) is 2.07. The molecular weight excluding hydrogens is 222 g/mol. The summed E-state index contributed by atoms with van der Waals surface area (Å²) in [7, 11) is 0. The smallest absolute Gasteiger partial charge is 0.233 e. The van der Waals surface area contributed by atoms with E-state index in [1.54, 1.807) is 0 Å². The van der Waals surface area contributed by atoms with Gasteiger partial charge in [0.25, 0.3) is 0 Å². The molecule has 0 atom stereocenters. The highest BCUT2D eigenvalue weighted by Gasteiger charge is 2.08. The molecule has 0 saturated heterocycles. The standard InChI is InChI=1S/C11H11N3OS/c1-7-3-2-4-8(5-7)11-13-10(15-14-11)6-9(12)16/h2-5H,6H2,1H3,(H2,12,16). The van der Waals surface area contributed by atoms with E-state index < -0.39 is 0 Å². The minimum atomic E-state index is 0.341. The molecule has 0 saturated carbocycles. The van der Waals surface area contributed by atoms with E-state index in [2.05, 4.69) is 10.1 Å². The maximum Gasteiger partial charge on any atom is 0.233 e. The van der Waals surface area contributed by atoms with Crippen molar-refractivity contribution in [1.82, 2.24) is 10.1 Å². The molecule has 0 amide bonds. The van der Waals surface area contributed by atoms with Crippen LogP contribution in [0.15, 0.2) is 28.8 Å². The van der Waals surface area contributed by atoms with Crippen molar-refractivity contribution in [1.29, 1.82) is 0 Å². The fourth-order valence-corrected chi connectivity index (χ4v) is 1.50. The van der Waals surface area contributed by atoms with Crippen LogP contribution in [-0.4, -0.2) is 15.1 Å². The van der Waals surface area contributed by atoms with Crippen LogP contribution in [0.4, 0.5) is 0 Å². The van der Waals surface area contributed by atoms with Gasteiger partial charge < -0.3 is 10.3 Å². The summed E-state index contributed by atoms with van der Waals surface area (Å²) in [5, 5.41) is 3.88. The molecule has 0 aliphatic carbocycles. The predicted octanol–water partition coefficient (Wildman–Crippen LogP) is 1.87. The first-order valence-electron chi connectivity index (χ1n) is 4.83. The van der Waals surface area contributed by atoms with Crippen molar-refractivity contribution in [2.45, 2.75) is 13.3 Å². The first-order valence-corrected chi connectivity index (χ1v) is 5.24. The second-order valence-corrected chi connectivity index (χ2v) is 4.05. The topological polar surface area (TPSA) is 64.9 Å². The summed E-state index contributed by atoms with van der Waals surface area (Å²) >= 11 is 4.77. The van der Waals surface area contributed by atoms with Crippen LogP contribution in [0.1, 0.15) is 11.5 Å². The normalized spacial score (nSPS) is 10.3. The number of benzene rings is 1. The lowest BCUT2D eigenvalue weighted by molar-refractivity contribution is 0.389. The third-order valence-corrected chi connectivity index (χ3v) is 2.21. The number of nitrogens with zero attached hydrogens (tertiary/aromatic N) is 2. The molecule has 2 rings (SSSR count). The molecule has 0 aliphatic rings. The predicted molar refractivity (Wildman–Crippen MR) is 65.0 cm³/mol. The van der Waals surface area contributed by atoms with E-state index in [1.165, 1.54) is 0 Å². The summed E-state index contributed by atoms with van der Waals surface area (Å²) in [5.41, 5.74) is 7.48. The van der Waals surface area contributed by atoms with Gasteiger partial charge in [-0.15, -0.1) is 0 Å². The van der Waals surface area contributed by atoms with Gasteiger partial charge in [0.2, 0.25) is 11.7 Å². The molecule has 2 aromatic rings.